The molecule has 0 amide bonds. The van der Waals surface area contributed by atoms with Crippen LogP contribution in [0.1, 0.15) is 52.4 Å². The monoisotopic (exact) mass is 230 g/mol. The molecule has 0 N–H and O–H groups in total. The Morgan fingerprint density at radius 1 is 1.24 bits per heavy atom. The number of allylic oxidation sites excluding steroid dienone is 4. The molecule has 0 aromatic carbocycles. The first-order valence-corrected chi connectivity index (χ1v) is 7.11. The fourth-order valence-corrected chi connectivity index (χ4v) is 3.56. The van der Waals surface area contributed by atoms with Crippen molar-refractivity contribution in [2.75, 3.05) is 0 Å². The van der Waals surface area contributed by atoms with E-state index < -0.39 is 0 Å². The van der Waals surface area contributed by atoms with Crippen LogP contribution in [0.5, 0.6) is 0 Å². The second-order valence-electron chi connectivity index (χ2n) is 6.09. The Bertz CT molecular complexity index is 339. The molecule has 0 saturated heterocycles. The number of hydrogen-bond donors (Lipinski definition) is 0. The summed E-state index contributed by atoms with van der Waals surface area (Å²) in [6.07, 6.45) is 12.9. The fourth-order valence-electron chi connectivity index (χ4n) is 3.56. The summed E-state index contributed by atoms with van der Waals surface area (Å²) < 4.78 is 0. The van der Waals surface area contributed by atoms with Gasteiger partial charge >= 0.3 is 0 Å². The van der Waals surface area contributed by atoms with E-state index in [1.807, 2.05) is 6.08 Å². The lowest BCUT2D eigenvalue weighted by Gasteiger charge is -2.22. The molecule has 2 fully saturated rings. The maximum atomic E-state index is 4.32. The van der Waals surface area contributed by atoms with Crippen LogP contribution in [-0.4, -0.2) is 0 Å². The van der Waals surface area contributed by atoms with Gasteiger partial charge in [0.15, 0.2) is 0 Å². The van der Waals surface area contributed by atoms with Gasteiger partial charge in [0.2, 0.25) is 0 Å². The van der Waals surface area contributed by atoms with Crippen molar-refractivity contribution in [2.24, 2.45) is 17.3 Å². The Hall–Kier alpha value is -0.780. The lowest BCUT2D eigenvalue weighted by Crippen LogP contribution is -2.14. The van der Waals surface area contributed by atoms with E-state index >= 15 is 0 Å². The van der Waals surface area contributed by atoms with Gasteiger partial charge < -0.3 is 0 Å². The summed E-state index contributed by atoms with van der Waals surface area (Å²) in [5.74, 6) is 1.49. The molecule has 0 spiro atoms. The van der Waals surface area contributed by atoms with E-state index in [9.17, 15) is 0 Å². The zero-order valence-electron chi connectivity index (χ0n) is 11.5. The maximum Gasteiger partial charge on any atom is 0.00795 e. The highest BCUT2D eigenvalue weighted by Gasteiger charge is 2.57. The van der Waals surface area contributed by atoms with Gasteiger partial charge in [-0.15, -0.1) is 0 Å². The van der Waals surface area contributed by atoms with Crippen LogP contribution >= 0.6 is 0 Å². The van der Waals surface area contributed by atoms with Crippen LogP contribution in [0.15, 0.2) is 36.5 Å². The van der Waals surface area contributed by atoms with Crippen LogP contribution < -0.4 is 0 Å². The van der Waals surface area contributed by atoms with Crippen molar-refractivity contribution in [1.29, 1.82) is 0 Å². The Labute approximate surface area is 106 Å². The van der Waals surface area contributed by atoms with Crippen LogP contribution in [0.4, 0.5) is 0 Å². The maximum absolute atomic E-state index is 4.32. The van der Waals surface area contributed by atoms with E-state index in [1.165, 1.54) is 49.7 Å². The third-order valence-electron chi connectivity index (χ3n) is 5.08. The van der Waals surface area contributed by atoms with E-state index in [2.05, 4.69) is 33.1 Å². The van der Waals surface area contributed by atoms with Gasteiger partial charge in [-0.3, -0.25) is 0 Å². The summed E-state index contributed by atoms with van der Waals surface area (Å²) in [5, 5.41) is 0. The standard InChI is InChI=1S/C17H26/c1-5-13(2)12-16-14(3)17(16,4)15-10-8-6-7-9-11-15/h5,12,15-16H,1,3,6-11H2,2,4H3/b13-12-. The van der Waals surface area contributed by atoms with Crippen molar-refractivity contribution in [1.82, 2.24) is 0 Å². The van der Waals surface area contributed by atoms with E-state index in [4.69, 9.17) is 0 Å². The topological polar surface area (TPSA) is 0 Å². The third kappa shape index (κ3) is 2.27. The first-order valence-electron chi connectivity index (χ1n) is 7.11. The fraction of sp³-hybridized carbons (Fsp3) is 0.647. The van der Waals surface area contributed by atoms with Gasteiger partial charge in [-0.1, -0.05) is 69.1 Å². The molecule has 0 heterocycles. The average Bonchev–Trinajstić information content (AvgIpc) is 2.96. The summed E-state index contributed by atoms with van der Waals surface area (Å²) in [4.78, 5) is 0. The van der Waals surface area contributed by atoms with Gasteiger partial charge in [0.1, 0.15) is 0 Å². The molecule has 0 radical (unpaired) electrons. The minimum absolute atomic E-state index is 0.397. The summed E-state index contributed by atoms with van der Waals surface area (Å²) in [5.41, 5.74) is 3.16. The summed E-state index contributed by atoms with van der Waals surface area (Å²) in [6, 6.07) is 0. The second-order valence-corrected chi connectivity index (χ2v) is 6.09. The molecule has 94 valence electrons. The zero-order chi connectivity index (χ0) is 12.5. The average molecular weight is 230 g/mol. The second kappa shape index (κ2) is 4.84. The van der Waals surface area contributed by atoms with Gasteiger partial charge in [0.25, 0.3) is 0 Å². The Kier molecular flexibility index (Phi) is 3.61. The van der Waals surface area contributed by atoms with E-state index in [0.717, 1.165) is 5.92 Å². The highest BCUT2D eigenvalue weighted by Crippen LogP contribution is 2.65. The van der Waals surface area contributed by atoms with Gasteiger partial charge in [0.05, 0.1) is 0 Å². The van der Waals surface area contributed by atoms with Crippen LogP contribution in [0.25, 0.3) is 0 Å². The quantitative estimate of drug-likeness (QED) is 0.351. The summed E-state index contributed by atoms with van der Waals surface area (Å²) in [7, 11) is 0. The van der Waals surface area contributed by atoms with Crippen molar-refractivity contribution in [3.8, 4) is 0 Å². The normalized spacial score (nSPS) is 35.5. The van der Waals surface area contributed by atoms with Gasteiger partial charge in [-0.05, 0) is 25.7 Å². The molecule has 17 heavy (non-hydrogen) atoms. The molecule has 2 unspecified atom stereocenters. The molecule has 0 nitrogen and oxygen atoms in total. The summed E-state index contributed by atoms with van der Waals surface area (Å²) >= 11 is 0. The van der Waals surface area contributed by atoms with Crippen molar-refractivity contribution in [2.45, 2.75) is 52.4 Å². The molecular weight excluding hydrogens is 204 g/mol. The highest BCUT2D eigenvalue weighted by molar-refractivity contribution is 5.42. The molecule has 2 atom stereocenters. The van der Waals surface area contributed by atoms with E-state index in [1.54, 1.807) is 0 Å². The van der Waals surface area contributed by atoms with Crippen LogP contribution in [-0.2, 0) is 0 Å². The lowest BCUT2D eigenvalue weighted by molar-refractivity contribution is 0.295. The molecular formula is C17H26. The SMILES string of the molecule is C=C/C(C)=C\C1C(=C)C1(C)C1CCCCCC1. The van der Waals surface area contributed by atoms with Crippen LogP contribution in [0, 0.1) is 17.3 Å². The van der Waals surface area contributed by atoms with Crippen LogP contribution in [0.2, 0.25) is 0 Å². The number of hydrogen-bond acceptors (Lipinski definition) is 0. The Morgan fingerprint density at radius 2 is 1.82 bits per heavy atom. The van der Waals surface area contributed by atoms with Crippen molar-refractivity contribution in [3.05, 3.63) is 36.5 Å². The predicted molar refractivity (Wildman–Crippen MR) is 75.9 cm³/mol. The largest absolute Gasteiger partial charge is 0.0988 e. The zero-order valence-corrected chi connectivity index (χ0v) is 11.5. The minimum atomic E-state index is 0.397. The van der Waals surface area contributed by atoms with Crippen molar-refractivity contribution >= 4 is 0 Å². The molecule has 0 heteroatoms. The van der Waals surface area contributed by atoms with Crippen LogP contribution in [0.3, 0.4) is 0 Å². The first kappa shape index (κ1) is 12.7. The van der Waals surface area contributed by atoms with Gasteiger partial charge in [-0.2, -0.15) is 0 Å². The smallest absolute Gasteiger partial charge is 0.00795 e. The summed E-state index contributed by atoms with van der Waals surface area (Å²) in [6.45, 7) is 12.7. The molecule has 2 rings (SSSR count). The molecule has 0 aromatic rings. The van der Waals surface area contributed by atoms with Gasteiger partial charge in [-0.25, -0.2) is 0 Å². The highest BCUT2D eigenvalue weighted by atomic mass is 14.6. The van der Waals surface area contributed by atoms with E-state index in [-0.39, 0.29) is 0 Å². The first-order chi connectivity index (χ1) is 8.10. The molecule has 2 saturated carbocycles. The number of rotatable bonds is 3. The van der Waals surface area contributed by atoms with Gasteiger partial charge in [0, 0.05) is 11.3 Å². The lowest BCUT2D eigenvalue weighted by atomic mass is 9.82. The predicted octanol–water partition coefficient (Wildman–Crippen LogP) is 5.28. The van der Waals surface area contributed by atoms with Crippen molar-refractivity contribution in [3.63, 3.8) is 0 Å². The Balaban J connectivity index is 2.09. The molecule has 0 aromatic heterocycles. The molecule has 2 aliphatic carbocycles. The minimum Gasteiger partial charge on any atom is -0.0988 e. The Morgan fingerprint density at radius 3 is 2.35 bits per heavy atom. The molecule has 0 aliphatic heterocycles. The third-order valence-corrected chi connectivity index (χ3v) is 5.08. The molecule has 0 bridgehead atoms. The van der Waals surface area contributed by atoms with Crippen molar-refractivity contribution < 1.29 is 0 Å². The molecule has 2 aliphatic rings. The van der Waals surface area contributed by atoms with E-state index in [0.29, 0.717) is 11.3 Å².